The number of amides is 1. The Balaban J connectivity index is 1.97. The predicted octanol–water partition coefficient (Wildman–Crippen LogP) is 5.40. The third-order valence-electron chi connectivity index (χ3n) is 5.48. The van der Waals surface area contributed by atoms with Gasteiger partial charge in [0.15, 0.2) is 0 Å². The summed E-state index contributed by atoms with van der Waals surface area (Å²) in [5.74, 6) is 0.396. The summed E-state index contributed by atoms with van der Waals surface area (Å²) in [6.07, 6.45) is 1.55. The Bertz CT molecular complexity index is 1290. The van der Waals surface area contributed by atoms with E-state index in [1.54, 1.807) is 71.3 Å². The minimum absolute atomic E-state index is 0.0271. The third kappa shape index (κ3) is 6.44. The minimum Gasteiger partial charge on any atom is -0.497 e. The van der Waals surface area contributed by atoms with Crippen LogP contribution in [0.15, 0.2) is 59.9 Å². The van der Waals surface area contributed by atoms with E-state index in [2.05, 4.69) is 4.98 Å². The third-order valence-corrected chi connectivity index (χ3v) is 7.40. The zero-order valence-corrected chi connectivity index (χ0v) is 22.3. The van der Waals surface area contributed by atoms with Crippen molar-refractivity contribution < 1.29 is 17.9 Å². The molecule has 0 fully saturated rings. The molecule has 1 amide bonds. The van der Waals surface area contributed by atoms with Gasteiger partial charge in [-0.05, 0) is 49.6 Å². The van der Waals surface area contributed by atoms with Gasteiger partial charge in [0, 0.05) is 23.2 Å². The molecule has 0 aliphatic rings. The van der Waals surface area contributed by atoms with Crippen LogP contribution in [0.25, 0.3) is 0 Å². The van der Waals surface area contributed by atoms with Crippen LogP contribution in [0.1, 0.15) is 55.4 Å². The molecule has 9 heteroatoms. The molecule has 0 spiro atoms. The Morgan fingerprint density at radius 1 is 1.11 bits per heavy atom. The Morgan fingerprint density at radius 3 is 2.46 bits per heavy atom. The first-order chi connectivity index (χ1) is 16.5. The van der Waals surface area contributed by atoms with E-state index in [4.69, 9.17) is 16.3 Å². The van der Waals surface area contributed by atoms with Crippen molar-refractivity contribution in [1.29, 1.82) is 0 Å². The van der Waals surface area contributed by atoms with E-state index < -0.39 is 9.84 Å². The van der Waals surface area contributed by atoms with Crippen molar-refractivity contribution in [2.45, 2.75) is 51.2 Å². The second-order valence-corrected chi connectivity index (χ2v) is 11.4. The van der Waals surface area contributed by atoms with Crippen LogP contribution in [0.5, 0.6) is 5.75 Å². The lowest BCUT2D eigenvalue weighted by molar-refractivity contribution is 0.0717. The highest BCUT2D eigenvalue weighted by Crippen LogP contribution is 2.26. The number of benzene rings is 2. The Morgan fingerprint density at radius 2 is 1.83 bits per heavy atom. The van der Waals surface area contributed by atoms with Crippen LogP contribution < -0.4 is 4.74 Å². The highest BCUT2D eigenvalue weighted by Gasteiger charge is 2.28. The van der Waals surface area contributed by atoms with Gasteiger partial charge in [-0.2, -0.15) is 0 Å². The first-order valence-corrected chi connectivity index (χ1v) is 13.5. The van der Waals surface area contributed by atoms with Gasteiger partial charge in [0.25, 0.3) is 5.91 Å². The number of halogens is 1. The maximum Gasteiger partial charge on any atom is 0.254 e. The molecule has 1 heterocycles. The van der Waals surface area contributed by atoms with E-state index in [-0.39, 0.29) is 35.3 Å². The van der Waals surface area contributed by atoms with E-state index in [9.17, 15) is 13.2 Å². The number of carbonyl (C=O) groups is 1. The Labute approximate surface area is 212 Å². The van der Waals surface area contributed by atoms with Crippen LogP contribution in [-0.2, 0) is 22.1 Å². The second-order valence-electron chi connectivity index (χ2n) is 9.16. The SMILES string of the molecule is COc1cccc(C(=O)N(Cc2cnc(S(=O)(=O)Cc3ccccc3Cl)n2C(C)C)CC(C)C)c1. The van der Waals surface area contributed by atoms with Crippen molar-refractivity contribution in [1.82, 2.24) is 14.5 Å². The van der Waals surface area contributed by atoms with E-state index in [0.29, 0.717) is 34.1 Å². The molecule has 3 aromatic rings. The molecule has 2 aromatic carbocycles. The predicted molar refractivity (Wildman–Crippen MR) is 138 cm³/mol. The number of sulfone groups is 1. The van der Waals surface area contributed by atoms with E-state index in [0.717, 1.165) is 0 Å². The van der Waals surface area contributed by atoms with Crippen LogP contribution in [-0.4, -0.2) is 42.4 Å². The quantitative estimate of drug-likeness (QED) is 0.359. The summed E-state index contributed by atoms with van der Waals surface area (Å²) >= 11 is 6.21. The number of nitrogens with zero attached hydrogens (tertiary/aromatic N) is 3. The summed E-state index contributed by atoms with van der Waals surface area (Å²) < 4.78 is 33.7. The molecule has 0 aliphatic carbocycles. The number of carbonyl (C=O) groups excluding carboxylic acids is 1. The van der Waals surface area contributed by atoms with Gasteiger partial charge in [0.1, 0.15) is 5.75 Å². The lowest BCUT2D eigenvalue weighted by atomic mass is 10.1. The fourth-order valence-corrected chi connectivity index (χ4v) is 5.87. The van der Waals surface area contributed by atoms with Crippen molar-refractivity contribution in [3.63, 3.8) is 0 Å². The van der Waals surface area contributed by atoms with Crippen LogP contribution in [0.4, 0.5) is 0 Å². The number of rotatable bonds is 10. The monoisotopic (exact) mass is 517 g/mol. The van der Waals surface area contributed by atoms with Crippen LogP contribution in [0.2, 0.25) is 5.02 Å². The van der Waals surface area contributed by atoms with E-state index in [1.165, 1.54) is 0 Å². The summed E-state index contributed by atoms with van der Waals surface area (Å²) in [6, 6.07) is 13.7. The first kappa shape index (κ1) is 26.8. The van der Waals surface area contributed by atoms with Gasteiger partial charge < -0.3 is 14.2 Å². The first-order valence-electron chi connectivity index (χ1n) is 11.5. The molecule has 0 N–H and O–H groups in total. The number of hydrogen-bond donors (Lipinski definition) is 0. The van der Waals surface area contributed by atoms with Crippen molar-refractivity contribution in [3.05, 3.63) is 76.6 Å². The number of hydrogen-bond acceptors (Lipinski definition) is 5. The molecule has 0 saturated carbocycles. The molecular formula is C26H32ClN3O4S. The zero-order chi connectivity index (χ0) is 25.8. The summed E-state index contributed by atoms with van der Waals surface area (Å²) in [6.45, 7) is 8.59. The number of methoxy groups -OCH3 is 1. The molecule has 0 unspecified atom stereocenters. The zero-order valence-electron chi connectivity index (χ0n) is 20.7. The molecular weight excluding hydrogens is 486 g/mol. The standard InChI is InChI=1S/C26H32ClN3O4S/c1-18(2)15-29(25(31)20-10-8-11-23(13-20)34-5)16-22-14-28-26(30(22)19(3)4)35(32,33)17-21-9-6-7-12-24(21)27/h6-14,18-19H,15-17H2,1-5H3. The Kier molecular flexibility index (Phi) is 8.61. The van der Waals surface area contributed by atoms with Gasteiger partial charge >= 0.3 is 0 Å². The largest absolute Gasteiger partial charge is 0.497 e. The van der Waals surface area contributed by atoms with E-state index in [1.807, 2.05) is 27.7 Å². The van der Waals surface area contributed by atoms with Crippen molar-refractivity contribution in [3.8, 4) is 5.75 Å². The average Bonchev–Trinajstić information content (AvgIpc) is 3.24. The average molecular weight is 518 g/mol. The fourth-order valence-electron chi connectivity index (χ4n) is 3.96. The van der Waals surface area contributed by atoms with Gasteiger partial charge in [-0.3, -0.25) is 4.79 Å². The van der Waals surface area contributed by atoms with Crippen molar-refractivity contribution >= 4 is 27.3 Å². The van der Waals surface area contributed by atoms with Gasteiger partial charge in [-0.1, -0.05) is 49.7 Å². The summed E-state index contributed by atoms with van der Waals surface area (Å²) in [4.78, 5) is 19.4. The number of aromatic nitrogens is 2. The molecule has 0 bridgehead atoms. The molecule has 188 valence electrons. The lowest BCUT2D eigenvalue weighted by Gasteiger charge is -2.26. The van der Waals surface area contributed by atoms with Crippen LogP contribution >= 0.6 is 11.6 Å². The molecule has 7 nitrogen and oxygen atoms in total. The highest BCUT2D eigenvalue weighted by molar-refractivity contribution is 7.90. The minimum atomic E-state index is -3.78. The Hall–Kier alpha value is -2.84. The van der Waals surface area contributed by atoms with Gasteiger partial charge in [-0.15, -0.1) is 0 Å². The van der Waals surface area contributed by atoms with Gasteiger partial charge in [-0.25, -0.2) is 13.4 Å². The van der Waals surface area contributed by atoms with Crippen LogP contribution in [0.3, 0.4) is 0 Å². The fraction of sp³-hybridized carbons (Fsp3) is 0.385. The number of imidazole rings is 1. The topological polar surface area (TPSA) is 81.5 Å². The summed E-state index contributed by atoms with van der Waals surface area (Å²) in [7, 11) is -2.23. The second kappa shape index (κ2) is 11.3. The van der Waals surface area contributed by atoms with Crippen molar-refractivity contribution in [2.75, 3.05) is 13.7 Å². The molecule has 0 atom stereocenters. The molecule has 0 aliphatic heterocycles. The van der Waals surface area contributed by atoms with Crippen molar-refractivity contribution in [2.24, 2.45) is 5.92 Å². The van der Waals surface area contributed by atoms with Gasteiger partial charge in [0.05, 0.1) is 31.3 Å². The van der Waals surface area contributed by atoms with Crippen LogP contribution in [0, 0.1) is 5.92 Å². The van der Waals surface area contributed by atoms with E-state index >= 15 is 0 Å². The normalized spacial score (nSPS) is 11.8. The molecule has 3 rings (SSSR count). The molecule has 35 heavy (non-hydrogen) atoms. The molecule has 1 aromatic heterocycles. The molecule has 0 saturated heterocycles. The smallest absolute Gasteiger partial charge is 0.254 e. The summed E-state index contributed by atoms with van der Waals surface area (Å²) in [5, 5.41) is 0.367. The summed E-state index contributed by atoms with van der Waals surface area (Å²) in [5.41, 5.74) is 1.67. The lowest BCUT2D eigenvalue weighted by Crippen LogP contribution is -2.34. The number of ether oxygens (including phenoxy) is 1. The molecule has 0 radical (unpaired) electrons. The maximum absolute atomic E-state index is 13.4. The highest BCUT2D eigenvalue weighted by atomic mass is 35.5. The van der Waals surface area contributed by atoms with Gasteiger partial charge in [0.2, 0.25) is 15.0 Å². The maximum atomic E-state index is 13.4.